The van der Waals surface area contributed by atoms with Gasteiger partial charge in [-0.25, -0.2) is 8.42 Å². The molecule has 0 aliphatic heterocycles. The molecule has 0 aliphatic rings. The molecule has 0 saturated carbocycles. The molecule has 0 saturated heterocycles. The Labute approximate surface area is 117 Å². The first-order valence-electron chi connectivity index (χ1n) is 6.01. The fraction of sp³-hybridized carbons (Fsp3) is 0.500. The topological polar surface area (TPSA) is 110 Å². The third kappa shape index (κ3) is 4.17. The number of anilines is 1. The highest BCUT2D eigenvalue weighted by molar-refractivity contribution is 7.90. The maximum absolute atomic E-state index is 11.4. The van der Waals surface area contributed by atoms with Crippen molar-refractivity contribution in [1.82, 2.24) is 0 Å². The van der Waals surface area contributed by atoms with Crippen molar-refractivity contribution in [3.63, 3.8) is 0 Å². The van der Waals surface area contributed by atoms with E-state index in [9.17, 15) is 23.6 Å². The molecule has 0 amide bonds. The van der Waals surface area contributed by atoms with Crippen molar-refractivity contribution in [3.8, 4) is 0 Å². The van der Waals surface area contributed by atoms with Crippen LogP contribution in [0.2, 0.25) is 0 Å². The average molecular weight is 302 g/mol. The molecule has 8 heteroatoms. The highest BCUT2D eigenvalue weighted by Crippen LogP contribution is 2.28. The minimum atomic E-state index is -3.51. The molecule has 0 heterocycles. The van der Waals surface area contributed by atoms with E-state index < -0.39 is 20.4 Å². The first kappa shape index (κ1) is 16.4. The van der Waals surface area contributed by atoms with E-state index in [0.29, 0.717) is 6.42 Å². The van der Waals surface area contributed by atoms with Gasteiger partial charge in [-0.05, 0) is 25.5 Å². The fourth-order valence-corrected chi connectivity index (χ4v) is 2.09. The van der Waals surface area contributed by atoms with Crippen molar-refractivity contribution >= 4 is 21.2 Å². The van der Waals surface area contributed by atoms with Crippen LogP contribution in [0.1, 0.15) is 20.3 Å². The molecule has 1 rings (SSSR count). The van der Waals surface area contributed by atoms with E-state index in [1.54, 1.807) is 13.8 Å². The summed E-state index contributed by atoms with van der Waals surface area (Å²) in [5, 5.41) is 23.7. The van der Waals surface area contributed by atoms with E-state index in [2.05, 4.69) is 5.32 Å². The normalized spacial score (nSPS) is 14.6. The second-order valence-corrected chi connectivity index (χ2v) is 6.93. The van der Waals surface area contributed by atoms with Crippen LogP contribution in [0.3, 0.4) is 0 Å². The molecule has 2 N–H and O–H groups in total. The van der Waals surface area contributed by atoms with E-state index in [4.69, 9.17) is 0 Å². The van der Waals surface area contributed by atoms with Crippen LogP contribution in [0.5, 0.6) is 0 Å². The first-order chi connectivity index (χ1) is 9.07. The molecule has 1 aromatic rings. The lowest BCUT2D eigenvalue weighted by Crippen LogP contribution is -2.32. The molecular formula is C12H18N2O5S. The highest BCUT2D eigenvalue weighted by Gasteiger charge is 2.22. The van der Waals surface area contributed by atoms with Crippen molar-refractivity contribution in [2.24, 2.45) is 0 Å². The molecule has 0 fully saturated rings. The van der Waals surface area contributed by atoms with Gasteiger partial charge in [-0.3, -0.25) is 10.1 Å². The van der Waals surface area contributed by atoms with Crippen LogP contribution >= 0.6 is 0 Å². The summed E-state index contributed by atoms with van der Waals surface area (Å²) in [4.78, 5) is 10.2. The molecule has 1 unspecified atom stereocenters. The van der Waals surface area contributed by atoms with Gasteiger partial charge in [-0.2, -0.15) is 0 Å². The second kappa shape index (κ2) is 5.76. The monoisotopic (exact) mass is 302 g/mol. The van der Waals surface area contributed by atoms with Gasteiger partial charge in [0.2, 0.25) is 0 Å². The minimum absolute atomic E-state index is 0.114. The Morgan fingerprint density at radius 1 is 1.45 bits per heavy atom. The highest BCUT2D eigenvalue weighted by atomic mass is 32.2. The third-order valence-corrected chi connectivity index (χ3v) is 4.13. The van der Waals surface area contributed by atoms with Gasteiger partial charge in [0, 0.05) is 18.9 Å². The predicted octanol–water partition coefficient (Wildman–Crippen LogP) is 1.57. The van der Waals surface area contributed by atoms with Gasteiger partial charge < -0.3 is 10.4 Å². The number of nitrogens with one attached hydrogen (secondary N) is 1. The largest absolute Gasteiger partial charge is 0.388 e. The number of hydrogen-bond donors (Lipinski definition) is 2. The van der Waals surface area contributed by atoms with Crippen molar-refractivity contribution in [3.05, 3.63) is 28.3 Å². The molecule has 0 aromatic heterocycles. The zero-order valence-corrected chi connectivity index (χ0v) is 12.4. The Morgan fingerprint density at radius 3 is 2.50 bits per heavy atom. The van der Waals surface area contributed by atoms with Crippen molar-refractivity contribution in [1.29, 1.82) is 0 Å². The molecular weight excluding hydrogens is 284 g/mol. The molecule has 1 aromatic carbocycles. The number of hydrogen-bond acceptors (Lipinski definition) is 6. The number of benzene rings is 1. The summed E-state index contributed by atoms with van der Waals surface area (Å²) in [6, 6.07) is 3.64. The lowest BCUT2D eigenvalue weighted by Gasteiger charge is -2.22. The van der Waals surface area contributed by atoms with Crippen LogP contribution in [0.25, 0.3) is 0 Å². The zero-order chi connectivity index (χ0) is 15.6. The molecule has 0 radical (unpaired) electrons. The zero-order valence-electron chi connectivity index (χ0n) is 11.6. The molecule has 0 spiro atoms. The third-order valence-electron chi connectivity index (χ3n) is 3.02. The van der Waals surface area contributed by atoms with Crippen LogP contribution in [0.4, 0.5) is 11.4 Å². The standard InChI is InChI=1S/C12H18N2O5S/c1-4-12(2,15)8-13-10-6-5-9(20(3,18)19)7-11(10)14(16)17/h5-7,13,15H,4,8H2,1-3H3. The summed E-state index contributed by atoms with van der Waals surface area (Å²) in [5.41, 5.74) is -1.15. The second-order valence-electron chi connectivity index (χ2n) is 4.91. The summed E-state index contributed by atoms with van der Waals surface area (Å²) in [5.74, 6) is 0. The number of rotatable bonds is 6. The van der Waals surface area contributed by atoms with Gasteiger partial charge in [0.15, 0.2) is 9.84 Å². The smallest absolute Gasteiger partial charge is 0.293 e. The number of nitro benzene ring substituents is 1. The van der Waals surface area contributed by atoms with Crippen LogP contribution in [-0.2, 0) is 9.84 Å². The summed E-state index contributed by atoms with van der Waals surface area (Å²) < 4.78 is 22.8. The van der Waals surface area contributed by atoms with E-state index in [1.807, 2.05) is 0 Å². The van der Waals surface area contributed by atoms with Crippen molar-refractivity contribution < 1.29 is 18.4 Å². The SMILES string of the molecule is CCC(C)(O)CNc1ccc(S(C)(=O)=O)cc1[N+](=O)[O-]. The van der Waals surface area contributed by atoms with Crippen molar-refractivity contribution in [2.45, 2.75) is 30.8 Å². The molecule has 0 bridgehead atoms. The van der Waals surface area contributed by atoms with E-state index in [-0.39, 0.29) is 22.8 Å². The molecule has 1 atom stereocenters. The van der Waals surface area contributed by atoms with Crippen molar-refractivity contribution in [2.75, 3.05) is 18.1 Å². The van der Waals surface area contributed by atoms with E-state index in [1.165, 1.54) is 12.1 Å². The summed E-state index contributed by atoms with van der Waals surface area (Å²) in [6.07, 6.45) is 1.47. The van der Waals surface area contributed by atoms with Gasteiger partial charge >= 0.3 is 0 Å². The number of nitro groups is 1. The Kier molecular flexibility index (Phi) is 4.72. The fourth-order valence-electron chi connectivity index (χ4n) is 1.45. The maximum atomic E-state index is 11.4. The molecule has 20 heavy (non-hydrogen) atoms. The number of sulfone groups is 1. The van der Waals surface area contributed by atoms with Gasteiger partial charge in [-0.15, -0.1) is 0 Å². The quantitative estimate of drug-likeness (QED) is 0.609. The predicted molar refractivity (Wildman–Crippen MR) is 75.6 cm³/mol. The van der Waals surface area contributed by atoms with Gasteiger partial charge in [0.25, 0.3) is 5.69 Å². The van der Waals surface area contributed by atoms with Gasteiger partial charge in [0.05, 0.1) is 15.4 Å². The molecule has 0 aliphatic carbocycles. The van der Waals surface area contributed by atoms with Crippen LogP contribution < -0.4 is 5.32 Å². The van der Waals surface area contributed by atoms with E-state index >= 15 is 0 Å². The van der Waals surface area contributed by atoms with Crippen LogP contribution in [-0.4, -0.2) is 36.8 Å². The van der Waals surface area contributed by atoms with Crippen LogP contribution in [0.15, 0.2) is 23.1 Å². The Balaban J connectivity index is 3.12. The number of nitrogens with zero attached hydrogens (tertiary/aromatic N) is 1. The lowest BCUT2D eigenvalue weighted by atomic mass is 10.0. The lowest BCUT2D eigenvalue weighted by molar-refractivity contribution is -0.384. The summed E-state index contributed by atoms with van der Waals surface area (Å²) in [6.45, 7) is 3.53. The van der Waals surface area contributed by atoms with Gasteiger partial charge in [0.1, 0.15) is 5.69 Å². The number of aliphatic hydroxyl groups is 1. The Morgan fingerprint density at radius 2 is 2.05 bits per heavy atom. The summed E-state index contributed by atoms with van der Waals surface area (Å²) >= 11 is 0. The average Bonchev–Trinajstić information content (AvgIpc) is 2.35. The minimum Gasteiger partial charge on any atom is -0.388 e. The van der Waals surface area contributed by atoms with E-state index in [0.717, 1.165) is 12.3 Å². The Hall–Kier alpha value is -1.67. The Bertz CT molecular complexity index is 610. The maximum Gasteiger partial charge on any atom is 0.293 e. The molecule has 112 valence electrons. The van der Waals surface area contributed by atoms with Crippen LogP contribution in [0, 0.1) is 10.1 Å². The summed E-state index contributed by atoms with van der Waals surface area (Å²) in [7, 11) is -3.51. The molecule has 7 nitrogen and oxygen atoms in total. The first-order valence-corrected chi connectivity index (χ1v) is 7.91. The van der Waals surface area contributed by atoms with Gasteiger partial charge in [-0.1, -0.05) is 6.92 Å².